The second kappa shape index (κ2) is 6.25. The predicted molar refractivity (Wildman–Crippen MR) is 97.3 cm³/mol. The molecule has 0 unspecified atom stereocenters. The molecule has 0 spiro atoms. The number of hydrogen-bond donors (Lipinski definition) is 2. The van der Waals surface area contributed by atoms with E-state index in [4.69, 9.17) is 11.5 Å². The summed E-state index contributed by atoms with van der Waals surface area (Å²) in [5.41, 5.74) is 14.5. The van der Waals surface area contributed by atoms with Gasteiger partial charge in [0, 0.05) is 37.5 Å². The summed E-state index contributed by atoms with van der Waals surface area (Å²) in [7, 11) is 0. The van der Waals surface area contributed by atoms with Gasteiger partial charge >= 0.3 is 0 Å². The molecule has 1 aliphatic rings. The first-order valence-electron chi connectivity index (χ1n) is 8.50. The second-order valence-electron chi connectivity index (χ2n) is 6.58. The third kappa shape index (κ3) is 2.81. The Balaban J connectivity index is 1.67. The molecule has 4 N–H and O–H groups in total. The lowest BCUT2D eigenvalue weighted by atomic mass is 9.96. The Kier molecular flexibility index (Phi) is 3.90. The Bertz CT molecular complexity index is 974. The number of piperidine rings is 1. The average Bonchev–Trinajstić information content (AvgIpc) is 2.96. The van der Waals surface area contributed by atoms with Crippen molar-refractivity contribution in [3.63, 3.8) is 0 Å². The minimum absolute atomic E-state index is 0.0599. The van der Waals surface area contributed by atoms with E-state index >= 15 is 0 Å². The van der Waals surface area contributed by atoms with E-state index in [1.807, 2.05) is 19.2 Å². The minimum Gasteiger partial charge on any atom is -0.382 e. The first kappa shape index (κ1) is 16.2. The Morgan fingerprint density at radius 2 is 2.00 bits per heavy atom. The van der Waals surface area contributed by atoms with Gasteiger partial charge in [-0.15, -0.1) is 5.10 Å². The number of fused-ring (bicyclic) bond motifs is 1. The summed E-state index contributed by atoms with van der Waals surface area (Å²) in [5, 5.41) is 4.33. The minimum atomic E-state index is -0.228. The van der Waals surface area contributed by atoms with Crippen molar-refractivity contribution < 1.29 is 4.79 Å². The number of primary amides is 1. The zero-order valence-electron chi connectivity index (χ0n) is 14.5. The number of rotatable bonds is 3. The van der Waals surface area contributed by atoms with E-state index in [-0.39, 0.29) is 11.8 Å². The molecule has 9 nitrogen and oxygen atoms in total. The van der Waals surface area contributed by atoms with Crippen LogP contribution in [-0.4, -0.2) is 43.6 Å². The Hall–Kier alpha value is -3.23. The van der Waals surface area contributed by atoms with Crippen molar-refractivity contribution in [2.45, 2.75) is 19.8 Å². The highest BCUT2D eigenvalue weighted by molar-refractivity contribution is 5.85. The number of aromatic nitrogens is 5. The molecule has 0 aliphatic carbocycles. The largest absolute Gasteiger partial charge is 0.382 e. The van der Waals surface area contributed by atoms with Gasteiger partial charge < -0.3 is 16.4 Å². The molecule has 9 heteroatoms. The Morgan fingerprint density at radius 3 is 2.73 bits per heavy atom. The maximum atomic E-state index is 11.3. The van der Waals surface area contributed by atoms with Crippen molar-refractivity contribution in [2.75, 3.05) is 23.7 Å². The van der Waals surface area contributed by atoms with Crippen LogP contribution in [0.25, 0.3) is 16.9 Å². The number of nitrogens with two attached hydrogens (primary N) is 2. The van der Waals surface area contributed by atoms with Gasteiger partial charge in [-0.25, -0.2) is 19.5 Å². The third-order valence-electron chi connectivity index (χ3n) is 4.76. The highest BCUT2D eigenvalue weighted by atomic mass is 16.1. The van der Waals surface area contributed by atoms with Crippen molar-refractivity contribution in [1.29, 1.82) is 0 Å². The summed E-state index contributed by atoms with van der Waals surface area (Å²) >= 11 is 0. The molecule has 0 bridgehead atoms. The summed E-state index contributed by atoms with van der Waals surface area (Å²) in [6, 6.07) is 1.89. The summed E-state index contributed by atoms with van der Waals surface area (Å²) < 4.78 is 1.67. The van der Waals surface area contributed by atoms with Gasteiger partial charge in [0.05, 0.1) is 11.3 Å². The molecule has 0 saturated carbocycles. The number of amides is 1. The fraction of sp³-hybridized carbons (Fsp3) is 0.353. The lowest BCUT2D eigenvalue weighted by Crippen LogP contribution is -2.38. The number of carbonyl (C=O) groups is 1. The van der Waals surface area contributed by atoms with Crippen LogP contribution in [0.2, 0.25) is 0 Å². The van der Waals surface area contributed by atoms with Crippen LogP contribution in [0.1, 0.15) is 18.4 Å². The molecule has 0 atom stereocenters. The van der Waals surface area contributed by atoms with Crippen molar-refractivity contribution in [2.24, 2.45) is 11.7 Å². The van der Waals surface area contributed by atoms with Crippen molar-refractivity contribution in [3.05, 3.63) is 30.4 Å². The zero-order chi connectivity index (χ0) is 18.3. The summed E-state index contributed by atoms with van der Waals surface area (Å²) in [4.78, 5) is 26.7. The quantitative estimate of drug-likeness (QED) is 0.712. The van der Waals surface area contributed by atoms with Crippen LogP contribution in [0.4, 0.5) is 11.6 Å². The maximum absolute atomic E-state index is 11.3. The second-order valence-corrected chi connectivity index (χ2v) is 6.58. The van der Waals surface area contributed by atoms with Crippen molar-refractivity contribution in [1.82, 2.24) is 24.6 Å². The van der Waals surface area contributed by atoms with Gasteiger partial charge in [-0.3, -0.25) is 4.79 Å². The molecule has 1 fully saturated rings. The molecule has 4 heterocycles. The standard InChI is InChI=1S/C17H20N8O/c1-10-7-20-17-14(15(18)23-25(17)8-10)12-6-13(22-9-21-12)24-4-2-11(3-5-24)16(19)26/h6-9,11H,2-5H2,1H3,(H2,18,23)(H2,19,26). The Morgan fingerprint density at radius 1 is 1.23 bits per heavy atom. The lowest BCUT2D eigenvalue weighted by molar-refractivity contribution is -0.122. The maximum Gasteiger partial charge on any atom is 0.220 e. The monoisotopic (exact) mass is 352 g/mol. The van der Waals surface area contributed by atoms with Gasteiger partial charge in [0.15, 0.2) is 11.5 Å². The van der Waals surface area contributed by atoms with Crippen molar-refractivity contribution in [3.8, 4) is 11.3 Å². The molecule has 0 aromatic carbocycles. The fourth-order valence-corrected chi connectivity index (χ4v) is 3.34. The van der Waals surface area contributed by atoms with Gasteiger partial charge in [-0.2, -0.15) is 0 Å². The zero-order valence-corrected chi connectivity index (χ0v) is 14.5. The van der Waals surface area contributed by atoms with Gasteiger partial charge in [-0.05, 0) is 25.3 Å². The van der Waals surface area contributed by atoms with Gasteiger partial charge in [-0.1, -0.05) is 0 Å². The molecule has 1 aliphatic heterocycles. The smallest absolute Gasteiger partial charge is 0.220 e. The van der Waals surface area contributed by atoms with E-state index < -0.39 is 0 Å². The van der Waals surface area contributed by atoms with Crippen LogP contribution in [0.15, 0.2) is 24.8 Å². The fourth-order valence-electron chi connectivity index (χ4n) is 3.34. The topological polar surface area (TPSA) is 128 Å². The number of aryl methyl sites for hydroxylation is 1. The molecule has 1 saturated heterocycles. The van der Waals surface area contributed by atoms with Crippen LogP contribution in [0.3, 0.4) is 0 Å². The molecule has 26 heavy (non-hydrogen) atoms. The summed E-state index contributed by atoms with van der Waals surface area (Å²) in [6.45, 7) is 3.40. The highest BCUT2D eigenvalue weighted by Gasteiger charge is 2.24. The molecule has 134 valence electrons. The highest BCUT2D eigenvalue weighted by Crippen LogP contribution is 2.30. The first-order chi connectivity index (χ1) is 12.5. The SMILES string of the molecule is Cc1cnc2c(-c3cc(N4CCC(C(N)=O)CC4)ncn3)c(N)nn2c1. The van der Waals surface area contributed by atoms with E-state index in [1.165, 1.54) is 6.33 Å². The van der Waals surface area contributed by atoms with E-state index in [1.54, 1.807) is 10.7 Å². The summed E-state index contributed by atoms with van der Waals surface area (Å²) in [6.07, 6.45) is 6.63. The predicted octanol–water partition coefficient (Wildman–Crippen LogP) is 0.779. The average molecular weight is 352 g/mol. The third-order valence-corrected chi connectivity index (χ3v) is 4.76. The number of carbonyl (C=O) groups excluding carboxylic acids is 1. The lowest BCUT2D eigenvalue weighted by Gasteiger charge is -2.31. The van der Waals surface area contributed by atoms with Crippen LogP contribution < -0.4 is 16.4 Å². The van der Waals surface area contributed by atoms with E-state index in [0.717, 1.165) is 37.3 Å². The van der Waals surface area contributed by atoms with Gasteiger partial charge in [0.25, 0.3) is 0 Å². The molecule has 3 aromatic heterocycles. The van der Waals surface area contributed by atoms with Crippen LogP contribution >= 0.6 is 0 Å². The number of nitrogen functional groups attached to an aromatic ring is 1. The number of anilines is 2. The van der Waals surface area contributed by atoms with Crippen LogP contribution in [0.5, 0.6) is 0 Å². The first-order valence-corrected chi connectivity index (χ1v) is 8.50. The van der Waals surface area contributed by atoms with E-state index in [0.29, 0.717) is 22.7 Å². The van der Waals surface area contributed by atoms with Gasteiger partial charge in [0.1, 0.15) is 12.1 Å². The number of nitrogens with zero attached hydrogens (tertiary/aromatic N) is 6. The molecule has 1 amide bonds. The van der Waals surface area contributed by atoms with Crippen molar-refractivity contribution >= 4 is 23.2 Å². The Labute approximate surface area is 150 Å². The molecule has 3 aromatic rings. The van der Waals surface area contributed by atoms with Gasteiger partial charge in [0.2, 0.25) is 5.91 Å². The number of hydrogen-bond acceptors (Lipinski definition) is 7. The normalized spacial score (nSPS) is 15.5. The van der Waals surface area contributed by atoms with E-state index in [9.17, 15) is 4.79 Å². The van der Waals surface area contributed by atoms with Crippen LogP contribution in [-0.2, 0) is 4.79 Å². The molecule has 4 rings (SSSR count). The molecular formula is C17H20N8O. The molecular weight excluding hydrogens is 332 g/mol. The van der Waals surface area contributed by atoms with Crippen LogP contribution in [0, 0.1) is 12.8 Å². The molecule has 0 radical (unpaired) electrons. The summed E-state index contributed by atoms with van der Waals surface area (Å²) in [5.74, 6) is 0.882. The van der Waals surface area contributed by atoms with E-state index in [2.05, 4.69) is 25.0 Å².